The maximum atomic E-state index is 5.52. The lowest BCUT2D eigenvalue weighted by atomic mass is 10.0. The van der Waals surface area contributed by atoms with Crippen LogP contribution in [0.4, 0.5) is 0 Å². The van der Waals surface area contributed by atoms with E-state index in [0.717, 1.165) is 32.0 Å². The molecule has 0 saturated carbocycles. The SMILES string of the molecule is CCNCC(C)CCC(C)O[Si]OCC. The lowest BCUT2D eigenvalue weighted by Gasteiger charge is -2.15. The van der Waals surface area contributed by atoms with Crippen LogP contribution in [0, 0.1) is 5.92 Å². The molecular formula is C11H25NO2Si. The van der Waals surface area contributed by atoms with Gasteiger partial charge in [-0.3, -0.25) is 0 Å². The van der Waals surface area contributed by atoms with Crippen molar-refractivity contribution in [3.05, 3.63) is 0 Å². The summed E-state index contributed by atoms with van der Waals surface area (Å²) in [6.07, 6.45) is 2.65. The maximum absolute atomic E-state index is 5.52. The van der Waals surface area contributed by atoms with E-state index in [4.69, 9.17) is 8.85 Å². The van der Waals surface area contributed by atoms with Crippen molar-refractivity contribution in [3.63, 3.8) is 0 Å². The first-order chi connectivity index (χ1) is 7.20. The lowest BCUT2D eigenvalue weighted by molar-refractivity contribution is 0.158. The van der Waals surface area contributed by atoms with E-state index in [0.29, 0.717) is 6.10 Å². The summed E-state index contributed by atoms with van der Waals surface area (Å²) in [4.78, 5) is 0. The van der Waals surface area contributed by atoms with Gasteiger partial charge in [0.1, 0.15) is 0 Å². The summed E-state index contributed by atoms with van der Waals surface area (Å²) in [7, 11) is 0.201. The van der Waals surface area contributed by atoms with Crippen molar-refractivity contribution in [2.75, 3.05) is 19.7 Å². The fraction of sp³-hybridized carbons (Fsp3) is 1.00. The molecule has 2 unspecified atom stereocenters. The zero-order valence-electron chi connectivity index (χ0n) is 10.5. The number of nitrogens with one attached hydrogen (secondary N) is 1. The van der Waals surface area contributed by atoms with Gasteiger partial charge < -0.3 is 14.2 Å². The molecule has 0 spiro atoms. The summed E-state index contributed by atoms with van der Waals surface area (Å²) in [5.74, 6) is 0.728. The Kier molecular flexibility index (Phi) is 10.7. The second kappa shape index (κ2) is 10.6. The number of rotatable bonds is 10. The van der Waals surface area contributed by atoms with E-state index in [1.54, 1.807) is 0 Å². The second-order valence-electron chi connectivity index (χ2n) is 3.94. The van der Waals surface area contributed by atoms with E-state index >= 15 is 0 Å². The average molecular weight is 231 g/mol. The van der Waals surface area contributed by atoms with Crippen LogP contribution >= 0.6 is 0 Å². The summed E-state index contributed by atoms with van der Waals surface area (Å²) >= 11 is 0. The molecule has 0 aliphatic rings. The molecule has 0 saturated heterocycles. The smallest absolute Gasteiger partial charge is 0.393 e. The zero-order chi connectivity index (χ0) is 11.5. The Morgan fingerprint density at radius 1 is 1.20 bits per heavy atom. The van der Waals surface area contributed by atoms with Crippen LogP contribution in [0.1, 0.15) is 40.5 Å². The highest BCUT2D eigenvalue weighted by molar-refractivity contribution is 6.18. The molecular weight excluding hydrogens is 206 g/mol. The van der Waals surface area contributed by atoms with Gasteiger partial charge in [0.2, 0.25) is 0 Å². The maximum Gasteiger partial charge on any atom is 0.433 e. The summed E-state index contributed by atoms with van der Waals surface area (Å²) in [6, 6.07) is 0. The summed E-state index contributed by atoms with van der Waals surface area (Å²) in [5, 5.41) is 3.36. The van der Waals surface area contributed by atoms with Crippen LogP contribution in [0.25, 0.3) is 0 Å². The fourth-order valence-electron chi connectivity index (χ4n) is 1.25. The van der Waals surface area contributed by atoms with Gasteiger partial charge in [0.05, 0.1) is 0 Å². The summed E-state index contributed by atoms with van der Waals surface area (Å²) < 4.78 is 10.7. The van der Waals surface area contributed by atoms with Crippen LogP contribution in [0.5, 0.6) is 0 Å². The van der Waals surface area contributed by atoms with Crippen LogP contribution in [0.15, 0.2) is 0 Å². The normalized spacial score (nSPS) is 15.2. The molecule has 0 aliphatic heterocycles. The molecule has 0 heterocycles. The lowest BCUT2D eigenvalue weighted by Crippen LogP contribution is -2.22. The Hall–Kier alpha value is 0.0969. The third kappa shape index (κ3) is 10.4. The molecule has 3 nitrogen and oxygen atoms in total. The highest BCUT2D eigenvalue weighted by atomic mass is 28.3. The molecule has 0 aromatic carbocycles. The molecule has 1 N–H and O–H groups in total. The van der Waals surface area contributed by atoms with E-state index in [9.17, 15) is 0 Å². The molecule has 2 atom stereocenters. The molecule has 0 aromatic rings. The van der Waals surface area contributed by atoms with Gasteiger partial charge in [-0.25, -0.2) is 0 Å². The van der Waals surface area contributed by atoms with Gasteiger partial charge in [-0.1, -0.05) is 13.8 Å². The average Bonchev–Trinajstić information content (AvgIpc) is 2.24. The Bertz CT molecular complexity index is 136. The Morgan fingerprint density at radius 3 is 2.53 bits per heavy atom. The molecule has 4 heteroatoms. The molecule has 0 aromatic heterocycles. The van der Waals surface area contributed by atoms with E-state index < -0.39 is 0 Å². The standard InChI is InChI=1S/C11H25NO2Si/c1-5-12-9-10(3)7-8-11(4)14-15-13-6-2/h10-12H,5-9H2,1-4H3. The molecule has 90 valence electrons. The first-order valence-corrected chi connectivity index (χ1v) is 6.75. The highest BCUT2D eigenvalue weighted by Gasteiger charge is 2.07. The van der Waals surface area contributed by atoms with Gasteiger partial charge in [-0.2, -0.15) is 0 Å². The Labute approximate surface area is 97.0 Å². The van der Waals surface area contributed by atoms with E-state index in [1.807, 2.05) is 6.92 Å². The van der Waals surface area contributed by atoms with Crippen molar-refractivity contribution >= 4 is 10.0 Å². The molecule has 0 fully saturated rings. The van der Waals surface area contributed by atoms with Crippen molar-refractivity contribution in [1.82, 2.24) is 5.32 Å². The fourth-order valence-corrected chi connectivity index (χ4v) is 1.71. The van der Waals surface area contributed by atoms with Crippen LogP contribution in [0.3, 0.4) is 0 Å². The quantitative estimate of drug-likeness (QED) is 0.461. The predicted octanol–water partition coefficient (Wildman–Crippen LogP) is 1.99. The van der Waals surface area contributed by atoms with Crippen molar-refractivity contribution in [2.45, 2.75) is 46.6 Å². The van der Waals surface area contributed by atoms with Crippen LogP contribution < -0.4 is 5.32 Å². The largest absolute Gasteiger partial charge is 0.433 e. The summed E-state index contributed by atoms with van der Waals surface area (Å²) in [5.41, 5.74) is 0. The topological polar surface area (TPSA) is 30.5 Å². The highest BCUT2D eigenvalue weighted by Crippen LogP contribution is 2.08. The van der Waals surface area contributed by atoms with Gasteiger partial charge in [0.15, 0.2) is 0 Å². The minimum absolute atomic E-state index is 0.201. The predicted molar refractivity (Wildman–Crippen MR) is 64.9 cm³/mol. The minimum Gasteiger partial charge on any atom is -0.393 e. The van der Waals surface area contributed by atoms with Gasteiger partial charge >= 0.3 is 10.0 Å². The molecule has 0 rings (SSSR count). The van der Waals surface area contributed by atoms with Gasteiger partial charge in [0, 0.05) is 12.7 Å². The Morgan fingerprint density at radius 2 is 1.93 bits per heavy atom. The molecule has 0 bridgehead atoms. The van der Waals surface area contributed by atoms with Crippen LogP contribution in [0.2, 0.25) is 0 Å². The first-order valence-electron chi connectivity index (χ1n) is 5.93. The zero-order valence-corrected chi connectivity index (χ0v) is 11.5. The third-order valence-electron chi connectivity index (χ3n) is 2.26. The summed E-state index contributed by atoms with van der Waals surface area (Å²) in [6.45, 7) is 11.4. The van der Waals surface area contributed by atoms with Crippen molar-refractivity contribution in [1.29, 1.82) is 0 Å². The Balaban J connectivity index is 3.31. The van der Waals surface area contributed by atoms with Crippen molar-refractivity contribution < 1.29 is 8.85 Å². The minimum atomic E-state index is 0.201. The number of hydrogen-bond acceptors (Lipinski definition) is 3. The molecule has 0 amide bonds. The monoisotopic (exact) mass is 231 g/mol. The third-order valence-corrected chi connectivity index (χ3v) is 3.17. The molecule has 2 radical (unpaired) electrons. The van der Waals surface area contributed by atoms with Crippen LogP contribution in [-0.4, -0.2) is 35.8 Å². The van der Waals surface area contributed by atoms with Crippen LogP contribution in [-0.2, 0) is 8.85 Å². The van der Waals surface area contributed by atoms with Gasteiger partial charge in [0.25, 0.3) is 0 Å². The molecule has 15 heavy (non-hydrogen) atoms. The molecule has 0 aliphatic carbocycles. The van der Waals surface area contributed by atoms with Gasteiger partial charge in [-0.05, 0) is 45.7 Å². The number of hydrogen-bond donors (Lipinski definition) is 1. The first kappa shape index (κ1) is 15.1. The van der Waals surface area contributed by atoms with E-state index in [-0.39, 0.29) is 10.0 Å². The van der Waals surface area contributed by atoms with Crippen molar-refractivity contribution in [3.8, 4) is 0 Å². The second-order valence-corrected chi connectivity index (χ2v) is 4.63. The van der Waals surface area contributed by atoms with Gasteiger partial charge in [-0.15, -0.1) is 0 Å². The van der Waals surface area contributed by atoms with E-state index in [2.05, 4.69) is 26.1 Å². The van der Waals surface area contributed by atoms with Crippen molar-refractivity contribution in [2.24, 2.45) is 5.92 Å². The van der Waals surface area contributed by atoms with E-state index in [1.165, 1.54) is 6.42 Å².